The minimum Gasteiger partial charge on any atom is -0.511 e. The summed E-state index contributed by atoms with van der Waals surface area (Å²) in [6.45, 7) is 9.78. The fraction of sp³-hybridized carbons (Fsp3) is 0.600. The summed E-state index contributed by atoms with van der Waals surface area (Å²) in [6.07, 6.45) is 3.97. The Morgan fingerprint density at radius 1 is 1.50 bits per heavy atom. The van der Waals surface area contributed by atoms with Crippen LogP contribution in [0.15, 0.2) is 29.1 Å². The van der Waals surface area contributed by atoms with Gasteiger partial charge >= 0.3 is 0 Å². The number of nitrogens with zero attached hydrogens (tertiary/aromatic N) is 1. The van der Waals surface area contributed by atoms with Crippen LogP contribution < -0.4 is 0 Å². The third-order valence-corrected chi connectivity index (χ3v) is 3.00. The second-order valence-electron chi connectivity index (χ2n) is 5.64. The summed E-state index contributed by atoms with van der Waals surface area (Å²) < 4.78 is 0. The maximum atomic E-state index is 12.2. The van der Waals surface area contributed by atoms with Crippen molar-refractivity contribution in [2.75, 3.05) is 6.61 Å². The molecule has 1 aliphatic carbocycles. The molecular formula is C15H25NO4. The fourth-order valence-corrected chi connectivity index (χ4v) is 2.24. The second-order valence-corrected chi connectivity index (χ2v) is 5.64. The zero-order valence-electron chi connectivity index (χ0n) is 12.5. The van der Waals surface area contributed by atoms with Crippen molar-refractivity contribution in [2.45, 2.75) is 46.5 Å². The van der Waals surface area contributed by atoms with Crippen LogP contribution in [0.4, 0.5) is 0 Å². The van der Waals surface area contributed by atoms with Crippen LogP contribution in [-0.4, -0.2) is 28.7 Å². The highest BCUT2D eigenvalue weighted by molar-refractivity contribution is 6.23. The molecule has 0 aliphatic heterocycles. The van der Waals surface area contributed by atoms with E-state index in [0.29, 0.717) is 37.2 Å². The molecule has 3 N–H and O–H groups in total. The first-order chi connectivity index (χ1) is 8.91. The number of aliphatic hydroxyl groups is 1. The van der Waals surface area contributed by atoms with Crippen LogP contribution in [0.5, 0.6) is 0 Å². The zero-order valence-corrected chi connectivity index (χ0v) is 12.5. The number of carbonyl (C=O) groups excluding carboxylic acids is 1. The van der Waals surface area contributed by atoms with Crippen LogP contribution in [0.3, 0.4) is 0 Å². The Hall–Kier alpha value is -1.62. The summed E-state index contributed by atoms with van der Waals surface area (Å²) in [5.74, 6) is 0.0822. The highest BCUT2D eigenvalue weighted by Gasteiger charge is 2.35. The summed E-state index contributed by atoms with van der Waals surface area (Å²) in [6, 6.07) is 0. The molecule has 5 heteroatoms. The number of rotatable bonds is 6. The third-order valence-electron chi connectivity index (χ3n) is 3.00. The normalized spacial score (nSPS) is 18.6. The molecule has 0 unspecified atom stereocenters. The van der Waals surface area contributed by atoms with Gasteiger partial charge in [-0.25, -0.2) is 0 Å². The standard InChI is InChI=1S/C15H23NO3.H2O/c1-5-7-11(16-19-8-6-2)14-12(17)9-15(3,4)10-13(14)18;/h6,17H,2,5,7-10H2,1,3-4H3;1H2. The molecule has 0 saturated heterocycles. The first-order valence-electron chi connectivity index (χ1n) is 6.66. The van der Waals surface area contributed by atoms with Crippen LogP contribution >= 0.6 is 0 Å². The molecule has 0 aromatic carbocycles. The lowest BCUT2D eigenvalue weighted by Crippen LogP contribution is -2.29. The minimum atomic E-state index is -0.191. The Balaban J connectivity index is 0.00000361. The number of Topliss-reactive ketones (excluding diaryl/α,β-unsaturated/α-hetero) is 1. The number of ketones is 1. The van der Waals surface area contributed by atoms with Gasteiger partial charge in [0.1, 0.15) is 12.4 Å². The van der Waals surface area contributed by atoms with Crippen molar-refractivity contribution >= 4 is 11.5 Å². The Bertz CT molecular complexity index is 422. The largest absolute Gasteiger partial charge is 0.511 e. The Kier molecular flexibility index (Phi) is 7.21. The van der Waals surface area contributed by atoms with E-state index < -0.39 is 0 Å². The summed E-state index contributed by atoms with van der Waals surface area (Å²) in [5, 5.41) is 14.1. The van der Waals surface area contributed by atoms with Gasteiger partial charge in [0.2, 0.25) is 0 Å². The van der Waals surface area contributed by atoms with Crippen molar-refractivity contribution in [3.63, 3.8) is 0 Å². The Morgan fingerprint density at radius 3 is 2.65 bits per heavy atom. The molecule has 0 heterocycles. The van der Waals surface area contributed by atoms with E-state index >= 15 is 0 Å². The van der Waals surface area contributed by atoms with Crippen molar-refractivity contribution in [3.8, 4) is 0 Å². The van der Waals surface area contributed by atoms with Crippen molar-refractivity contribution in [2.24, 2.45) is 10.6 Å². The van der Waals surface area contributed by atoms with E-state index in [0.717, 1.165) is 6.42 Å². The molecule has 0 aromatic heterocycles. The van der Waals surface area contributed by atoms with Crippen molar-refractivity contribution in [1.29, 1.82) is 0 Å². The van der Waals surface area contributed by atoms with E-state index in [1.165, 1.54) is 0 Å². The lowest BCUT2D eigenvalue weighted by molar-refractivity contribution is -0.118. The summed E-state index contributed by atoms with van der Waals surface area (Å²) in [4.78, 5) is 17.3. The molecule has 20 heavy (non-hydrogen) atoms. The highest BCUT2D eigenvalue weighted by Crippen LogP contribution is 2.36. The minimum absolute atomic E-state index is 0. The van der Waals surface area contributed by atoms with Crippen LogP contribution in [0.25, 0.3) is 0 Å². The van der Waals surface area contributed by atoms with Gasteiger partial charge in [-0.1, -0.05) is 45.0 Å². The zero-order chi connectivity index (χ0) is 14.5. The SMILES string of the molecule is C=CCON=C(CCC)C1=C(O)CC(C)(C)CC1=O.O. The number of aliphatic hydroxyl groups excluding tert-OH is 1. The third kappa shape index (κ3) is 4.81. The number of hydrogen-bond acceptors (Lipinski definition) is 4. The fourth-order valence-electron chi connectivity index (χ4n) is 2.24. The van der Waals surface area contributed by atoms with Crippen molar-refractivity contribution in [3.05, 3.63) is 24.0 Å². The van der Waals surface area contributed by atoms with Gasteiger partial charge in [0, 0.05) is 12.8 Å². The maximum Gasteiger partial charge on any atom is 0.168 e. The van der Waals surface area contributed by atoms with E-state index in [-0.39, 0.29) is 22.4 Å². The van der Waals surface area contributed by atoms with Crippen LogP contribution in [-0.2, 0) is 9.63 Å². The average molecular weight is 283 g/mol. The molecule has 0 aromatic rings. The van der Waals surface area contributed by atoms with Crippen LogP contribution in [0, 0.1) is 5.41 Å². The number of oxime groups is 1. The van der Waals surface area contributed by atoms with Gasteiger partial charge in [-0.3, -0.25) is 4.79 Å². The highest BCUT2D eigenvalue weighted by atomic mass is 16.6. The summed E-state index contributed by atoms with van der Waals surface area (Å²) >= 11 is 0. The lowest BCUT2D eigenvalue weighted by atomic mass is 9.75. The molecule has 0 amide bonds. The molecule has 114 valence electrons. The molecule has 0 atom stereocenters. The first kappa shape index (κ1) is 18.4. The van der Waals surface area contributed by atoms with E-state index in [1.54, 1.807) is 6.08 Å². The van der Waals surface area contributed by atoms with Crippen molar-refractivity contribution in [1.82, 2.24) is 0 Å². The van der Waals surface area contributed by atoms with Gasteiger partial charge in [-0.2, -0.15) is 0 Å². The molecule has 0 fully saturated rings. The van der Waals surface area contributed by atoms with Gasteiger partial charge in [0.15, 0.2) is 5.78 Å². The van der Waals surface area contributed by atoms with Gasteiger partial charge in [-0.15, -0.1) is 0 Å². The van der Waals surface area contributed by atoms with Gasteiger partial charge in [0.05, 0.1) is 11.3 Å². The van der Waals surface area contributed by atoms with Gasteiger partial charge in [0.25, 0.3) is 0 Å². The quantitative estimate of drug-likeness (QED) is 0.351. The second kappa shape index (κ2) is 7.85. The topological polar surface area (TPSA) is 90.4 Å². The number of carbonyl (C=O) groups is 1. The average Bonchev–Trinajstić information content (AvgIpc) is 2.26. The molecule has 0 bridgehead atoms. The molecule has 0 spiro atoms. The van der Waals surface area contributed by atoms with Gasteiger partial charge < -0.3 is 15.4 Å². The van der Waals surface area contributed by atoms with E-state index in [1.807, 2.05) is 20.8 Å². The number of allylic oxidation sites excluding steroid dienone is 2. The Morgan fingerprint density at radius 2 is 2.15 bits per heavy atom. The Labute approximate surface area is 120 Å². The lowest BCUT2D eigenvalue weighted by Gasteiger charge is -2.29. The van der Waals surface area contributed by atoms with Crippen molar-refractivity contribution < 1.29 is 20.2 Å². The van der Waals surface area contributed by atoms with Gasteiger partial charge in [-0.05, 0) is 11.8 Å². The predicted octanol–water partition coefficient (Wildman–Crippen LogP) is 2.72. The predicted molar refractivity (Wildman–Crippen MR) is 79.8 cm³/mol. The molecule has 0 radical (unpaired) electrons. The monoisotopic (exact) mass is 283 g/mol. The molecule has 0 saturated carbocycles. The van der Waals surface area contributed by atoms with Crippen LogP contribution in [0.1, 0.15) is 46.5 Å². The summed E-state index contributed by atoms with van der Waals surface area (Å²) in [5.41, 5.74) is 0.705. The summed E-state index contributed by atoms with van der Waals surface area (Å²) in [7, 11) is 0. The van der Waals surface area contributed by atoms with E-state index in [4.69, 9.17) is 4.84 Å². The van der Waals surface area contributed by atoms with E-state index in [9.17, 15) is 9.90 Å². The molecule has 5 nitrogen and oxygen atoms in total. The maximum absolute atomic E-state index is 12.2. The first-order valence-corrected chi connectivity index (χ1v) is 6.66. The van der Waals surface area contributed by atoms with E-state index in [2.05, 4.69) is 11.7 Å². The molecular weight excluding hydrogens is 258 g/mol. The van der Waals surface area contributed by atoms with Crippen LogP contribution in [0.2, 0.25) is 0 Å². The molecule has 1 aliphatic rings. The molecule has 1 rings (SSSR count). The number of hydrogen-bond donors (Lipinski definition) is 1. The smallest absolute Gasteiger partial charge is 0.168 e.